The molecule has 2 N–H and O–H groups in total. The van der Waals surface area contributed by atoms with E-state index in [-0.39, 0.29) is 5.91 Å². The first-order chi connectivity index (χ1) is 10.7. The van der Waals surface area contributed by atoms with Crippen molar-refractivity contribution in [1.82, 2.24) is 10.6 Å². The highest BCUT2D eigenvalue weighted by atomic mass is 32.1. The quantitative estimate of drug-likeness (QED) is 0.912. The maximum atomic E-state index is 12.4. The molecular formula is C18H20N2OS. The van der Waals surface area contributed by atoms with Crippen molar-refractivity contribution in [2.45, 2.75) is 44.3 Å². The van der Waals surface area contributed by atoms with Gasteiger partial charge in [0.2, 0.25) is 0 Å². The Morgan fingerprint density at radius 1 is 1.18 bits per heavy atom. The van der Waals surface area contributed by atoms with Gasteiger partial charge in [0, 0.05) is 23.0 Å². The maximum Gasteiger partial charge on any atom is 0.261 e. The summed E-state index contributed by atoms with van der Waals surface area (Å²) >= 11 is 1.57. The number of fused-ring (bicyclic) bond motifs is 2. The summed E-state index contributed by atoms with van der Waals surface area (Å²) in [6.45, 7) is 2.08. The van der Waals surface area contributed by atoms with Gasteiger partial charge in [-0.3, -0.25) is 4.79 Å². The van der Waals surface area contributed by atoms with E-state index in [9.17, 15) is 4.79 Å². The number of aryl methyl sites for hydroxylation is 1. The Balaban J connectivity index is 1.46. The standard InChI is InChI=1S/C18H20N2OS/c1-11-2-4-12(5-3-11)16-8-9-17(22-16)18(21)20-15-10-13-6-7-14(15)19-13/h2-5,8-9,13-15,19H,6-7,10H2,1H3,(H,20,21)/t13-,14+,15-/m1/s1. The van der Waals surface area contributed by atoms with Gasteiger partial charge < -0.3 is 10.6 Å². The molecule has 3 heterocycles. The van der Waals surface area contributed by atoms with Crippen LogP contribution < -0.4 is 10.6 Å². The number of hydrogen-bond acceptors (Lipinski definition) is 3. The molecule has 0 saturated carbocycles. The minimum absolute atomic E-state index is 0.0720. The second-order valence-electron chi connectivity index (χ2n) is 6.39. The third-order valence-electron chi connectivity index (χ3n) is 4.78. The molecule has 4 rings (SSSR count). The van der Waals surface area contributed by atoms with Crippen molar-refractivity contribution in [1.29, 1.82) is 0 Å². The van der Waals surface area contributed by atoms with E-state index in [1.54, 1.807) is 11.3 Å². The van der Waals surface area contributed by atoms with Crippen molar-refractivity contribution in [3.05, 3.63) is 46.8 Å². The van der Waals surface area contributed by atoms with Crippen molar-refractivity contribution in [3.8, 4) is 10.4 Å². The number of carbonyl (C=O) groups excluding carboxylic acids is 1. The average molecular weight is 312 g/mol. The van der Waals surface area contributed by atoms with Crippen LogP contribution in [0, 0.1) is 6.92 Å². The minimum atomic E-state index is 0.0720. The Bertz CT molecular complexity index is 691. The number of amides is 1. The van der Waals surface area contributed by atoms with Crippen LogP contribution in [0.1, 0.15) is 34.5 Å². The summed E-state index contributed by atoms with van der Waals surface area (Å²) in [5.74, 6) is 0.0720. The topological polar surface area (TPSA) is 41.1 Å². The average Bonchev–Trinajstić information content (AvgIpc) is 3.24. The molecule has 3 nitrogen and oxygen atoms in total. The number of benzene rings is 1. The number of hydrogen-bond donors (Lipinski definition) is 2. The van der Waals surface area contributed by atoms with Crippen LogP contribution in [0.2, 0.25) is 0 Å². The molecule has 1 aromatic heterocycles. The van der Waals surface area contributed by atoms with Gasteiger partial charge in [0.1, 0.15) is 0 Å². The molecule has 1 aromatic carbocycles. The molecule has 2 aliphatic rings. The van der Waals surface area contributed by atoms with Crippen LogP contribution in [0.4, 0.5) is 0 Å². The van der Waals surface area contributed by atoms with Crippen LogP contribution >= 0.6 is 11.3 Å². The van der Waals surface area contributed by atoms with Gasteiger partial charge in [-0.25, -0.2) is 0 Å². The van der Waals surface area contributed by atoms with Crippen LogP contribution in [0.5, 0.6) is 0 Å². The maximum absolute atomic E-state index is 12.4. The molecule has 22 heavy (non-hydrogen) atoms. The van der Waals surface area contributed by atoms with Gasteiger partial charge in [-0.15, -0.1) is 11.3 Å². The lowest BCUT2D eigenvalue weighted by Crippen LogP contribution is -2.42. The molecular weight excluding hydrogens is 292 g/mol. The van der Waals surface area contributed by atoms with Crippen molar-refractivity contribution in [2.24, 2.45) is 0 Å². The van der Waals surface area contributed by atoms with Gasteiger partial charge in [0.15, 0.2) is 0 Å². The molecule has 2 fully saturated rings. The molecule has 114 valence electrons. The normalized spacial score (nSPS) is 26.3. The Labute approximate surface area is 134 Å². The first kappa shape index (κ1) is 14.0. The summed E-state index contributed by atoms with van der Waals surface area (Å²) in [5.41, 5.74) is 2.43. The predicted octanol–water partition coefficient (Wildman–Crippen LogP) is 3.35. The smallest absolute Gasteiger partial charge is 0.261 e. The van der Waals surface area contributed by atoms with E-state index in [1.807, 2.05) is 12.1 Å². The highest BCUT2D eigenvalue weighted by molar-refractivity contribution is 7.17. The highest BCUT2D eigenvalue weighted by Crippen LogP contribution is 2.30. The zero-order valence-corrected chi connectivity index (χ0v) is 13.5. The first-order valence-electron chi connectivity index (χ1n) is 7.93. The zero-order chi connectivity index (χ0) is 15.1. The first-order valence-corrected chi connectivity index (χ1v) is 8.74. The van der Waals surface area contributed by atoms with E-state index in [1.165, 1.54) is 24.0 Å². The highest BCUT2D eigenvalue weighted by Gasteiger charge is 2.39. The molecule has 4 heteroatoms. The van der Waals surface area contributed by atoms with Crippen LogP contribution in [0.3, 0.4) is 0 Å². The summed E-state index contributed by atoms with van der Waals surface area (Å²) in [4.78, 5) is 14.4. The SMILES string of the molecule is Cc1ccc(-c2ccc(C(=O)N[C@@H]3C[C@H]4CC[C@@H]3N4)s2)cc1. The second-order valence-corrected chi connectivity index (χ2v) is 7.48. The fourth-order valence-electron chi connectivity index (χ4n) is 3.56. The molecule has 1 amide bonds. The zero-order valence-electron chi connectivity index (χ0n) is 12.6. The third-order valence-corrected chi connectivity index (χ3v) is 5.92. The molecule has 0 aliphatic carbocycles. The fraction of sp³-hybridized carbons (Fsp3) is 0.389. The fourth-order valence-corrected chi connectivity index (χ4v) is 4.47. The molecule has 0 radical (unpaired) electrons. The summed E-state index contributed by atoms with van der Waals surface area (Å²) in [6.07, 6.45) is 3.52. The van der Waals surface area contributed by atoms with E-state index in [4.69, 9.17) is 0 Å². The number of carbonyl (C=O) groups is 1. The second kappa shape index (κ2) is 5.52. The Hall–Kier alpha value is -1.65. The third kappa shape index (κ3) is 2.57. The lowest BCUT2D eigenvalue weighted by atomic mass is 9.95. The minimum Gasteiger partial charge on any atom is -0.347 e. The van der Waals surface area contributed by atoms with Crippen molar-refractivity contribution >= 4 is 17.2 Å². The molecule has 3 atom stereocenters. The van der Waals surface area contributed by atoms with E-state index < -0.39 is 0 Å². The van der Waals surface area contributed by atoms with Crippen LogP contribution in [-0.2, 0) is 0 Å². The van der Waals surface area contributed by atoms with Crippen LogP contribution in [-0.4, -0.2) is 24.0 Å². The Kier molecular flexibility index (Phi) is 3.51. The van der Waals surface area contributed by atoms with E-state index in [2.05, 4.69) is 41.8 Å². The number of thiophene rings is 1. The van der Waals surface area contributed by atoms with Crippen LogP contribution in [0.25, 0.3) is 10.4 Å². The van der Waals surface area contributed by atoms with Gasteiger partial charge in [0.05, 0.1) is 4.88 Å². The number of rotatable bonds is 3. The van der Waals surface area contributed by atoms with Gasteiger partial charge >= 0.3 is 0 Å². The molecule has 2 aliphatic heterocycles. The summed E-state index contributed by atoms with van der Waals surface area (Å²) in [7, 11) is 0. The Morgan fingerprint density at radius 3 is 2.68 bits per heavy atom. The number of nitrogens with one attached hydrogen (secondary N) is 2. The van der Waals surface area contributed by atoms with E-state index >= 15 is 0 Å². The lowest BCUT2D eigenvalue weighted by Gasteiger charge is -2.20. The van der Waals surface area contributed by atoms with Crippen molar-refractivity contribution in [2.75, 3.05) is 0 Å². The molecule has 0 unspecified atom stereocenters. The molecule has 2 bridgehead atoms. The van der Waals surface area contributed by atoms with Gasteiger partial charge in [-0.1, -0.05) is 29.8 Å². The summed E-state index contributed by atoms with van der Waals surface area (Å²) in [5, 5.41) is 6.77. The summed E-state index contributed by atoms with van der Waals surface area (Å²) in [6, 6.07) is 13.8. The Morgan fingerprint density at radius 2 is 2.00 bits per heavy atom. The summed E-state index contributed by atoms with van der Waals surface area (Å²) < 4.78 is 0. The van der Waals surface area contributed by atoms with Gasteiger partial charge in [-0.05, 0) is 43.9 Å². The van der Waals surface area contributed by atoms with Crippen molar-refractivity contribution in [3.63, 3.8) is 0 Å². The van der Waals surface area contributed by atoms with Crippen molar-refractivity contribution < 1.29 is 4.79 Å². The van der Waals surface area contributed by atoms with Gasteiger partial charge in [-0.2, -0.15) is 0 Å². The molecule has 2 saturated heterocycles. The largest absolute Gasteiger partial charge is 0.347 e. The monoisotopic (exact) mass is 312 g/mol. The van der Waals surface area contributed by atoms with Gasteiger partial charge in [0.25, 0.3) is 5.91 Å². The van der Waals surface area contributed by atoms with Crippen LogP contribution in [0.15, 0.2) is 36.4 Å². The predicted molar refractivity (Wildman–Crippen MR) is 90.3 cm³/mol. The van der Waals surface area contributed by atoms with E-state index in [0.717, 1.165) is 16.2 Å². The molecule has 0 spiro atoms. The van der Waals surface area contributed by atoms with E-state index in [0.29, 0.717) is 18.1 Å². The molecule has 2 aromatic rings. The lowest BCUT2D eigenvalue weighted by molar-refractivity contribution is 0.0935.